The maximum Gasteiger partial charge on any atom is 0.219 e. The minimum Gasteiger partial charge on any atom is -0.356 e. The third-order valence-corrected chi connectivity index (χ3v) is 2.40. The number of unbranched alkanes of at least 4 members (excludes halogenated alkanes) is 3. The van der Waals surface area contributed by atoms with E-state index in [1.165, 1.54) is 0 Å². The van der Waals surface area contributed by atoms with Crippen LogP contribution in [-0.2, 0) is 4.79 Å². The van der Waals surface area contributed by atoms with Gasteiger partial charge in [-0.15, -0.1) is 0 Å². The number of hydrogen-bond donors (Lipinski definition) is 2. The quantitative estimate of drug-likeness (QED) is 0.577. The van der Waals surface area contributed by atoms with E-state index in [4.69, 9.17) is 5.73 Å². The highest BCUT2D eigenvalue weighted by molar-refractivity contribution is 5.75. The van der Waals surface area contributed by atoms with Gasteiger partial charge in [0.25, 0.3) is 0 Å². The fourth-order valence-electron chi connectivity index (χ4n) is 1.37. The lowest BCUT2D eigenvalue weighted by Gasteiger charge is -2.06. The Balaban J connectivity index is 3.19. The predicted octanol–water partition coefficient (Wildman–Crippen LogP) is 2.06. The van der Waals surface area contributed by atoms with E-state index in [-0.39, 0.29) is 5.91 Å². The van der Waals surface area contributed by atoms with Crippen molar-refractivity contribution < 1.29 is 4.79 Å². The summed E-state index contributed by atoms with van der Waals surface area (Å²) in [5.74, 6) is 0.859. The van der Waals surface area contributed by atoms with Crippen LogP contribution in [0.4, 0.5) is 0 Å². The molecule has 0 aromatic heterocycles. The summed E-state index contributed by atoms with van der Waals surface area (Å²) in [4.78, 5) is 11.3. The van der Waals surface area contributed by atoms with Crippen molar-refractivity contribution in [2.45, 2.75) is 52.4 Å². The van der Waals surface area contributed by atoms with Crippen LogP contribution in [0.25, 0.3) is 0 Å². The van der Waals surface area contributed by atoms with E-state index < -0.39 is 0 Å². The largest absolute Gasteiger partial charge is 0.356 e. The maximum atomic E-state index is 11.3. The van der Waals surface area contributed by atoms with Crippen molar-refractivity contribution in [2.75, 3.05) is 13.1 Å². The molecule has 0 spiro atoms. The fraction of sp³-hybridized carbons (Fsp3) is 0.917. The van der Waals surface area contributed by atoms with E-state index in [2.05, 4.69) is 19.2 Å². The molecule has 3 nitrogen and oxygen atoms in total. The molecule has 0 aliphatic rings. The van der Waals surface area contributed by atoms with E-state index in [9.17, 15) is 4.79 Å². The Morgan fingerprint density at radius 2 is 1.87 bits per heavy atom. The van der Waals surface area contributed by atoms with Crippen LogP contribution in [0.3, 0.4) is 0 Å². The van der Waals surface area contributed by atoms with Crippen LogP contribution in [0.15, 0.2) is 0 Å². The Morgan fingerprint density at radius 1 is 1.20 bits per heavy atom. The van der Waals surface area contributed by atoms with Gasteiger partial charge in [0.15, 0.2) is 0 Å². The zero-order valence-corrected chi connectivity index (χ0v) is 10.2. The summed E-state index contributed by atoms with van der Waals surface area (Å²) >= 11 is 0. The zero-order valence-electron chi connectivity index (χ0n) is 10.2. The minimum atomic E-state index is 0.198. The van der Waals surface area contributed by atoms with Crippen molar-refractivity contribution in [3.8, 4) is 0 Å². The third-order valence-electron chi connectivity index (χ3n) is 2.40. The molecule has 0 rings (SSSR count). The molecule has 0 atom stereocenters. The summed E-state index contributed by atoms with van der Waals surface area (Å²) in [7, 11) is 0. The van der Waals surface area contributed by atoms with E-state index in [1.807, 2.05) is 0 Å². The second-order valence-corrected chi connectivity index (χ2v) is 4.49. The molecule has 0 radical (unpaired) electrons. The van der Waals surface area contributed by atoms with Crippen LogP contribution in [-0.4, -0.2) is 19.0 Å². The molecule has 90 valence electrons. The molecular formula is C12H26N2O. The molecular weight excluding hydrogens is 188 g/mol. The third kappa shape index (κ3) is 11.4. The van der Waals surface area contributed by atoms with Gasteiger partial charge in [-0.05, 0) is 31.7 Å². The van der Waals surface area contributed by atoms with E-state index in [0.717, 1.165) is 45.2 Å². The van der Waals surface area contributed by atoms with Gasteiger partial charge in [-0.2, -0.15) is 0 Å². The van der Waals surface area contributed by atoms with Crippen LogP contribution < -0.4 is 11.1 Å². The van der Waals surface area contributed by atoms with Gasteiger partial charge in [-0.3, -0.25) is 4.79 Å². The highest BCUT2D eigenvalue weighted by Crippen LogP contribution is 2.02. The van der Waals surface area contributed by atoms with Gasteiger partial charge in [0.2, 0.25) is 5.91 Å². The molecule has 0 unspecified atom stereocenters. The number of nitrogens with two attached hydrogens (primary N) is 1. The molecule has 0 aliphatic carbocycles. The smallest absolute Gasteiger partial charge is 0.219 e. The van der Waals surface area contributed by atoms with Crippen LogP contribution in [0, 0.1) is 5.92 Å². The molecule has 1 amide bonds. The van der Waals surface area contributed by atoms with Crippen LogP contribution in [0.2, 0.25) is 0 Å². The SMILES string of the molecule is CC(C)CCNC(=O)CCCCCCN. The monoisotopic (exact) mass is 214 g/mol. The summed E-state index contributed by atoms with van der Waals surface area (Å²) in [5, 5.41) is 2.94. The van der Waals surface area contributed by atoms with Crippen molar-refractivity contribution in [3.05, 3.63) is 0 Å². The number of nitrogens with one attached hydrogen (secondary N) is 1. The lowest BCUT2D eigenvalue weighted by atomic mass is 10.1. The molecule has 3 N–H and O–H groups in total. The van der Waals surface area contributed by atoms with Gasteiger partial charge in [-0.1, -0.05) is 26.7 Å². The summed E-state index contributed by atoms with van der Waals surface area (Å²) in [6.07, 6.45) is 6.08. The summed E-state index contributed by atoms with van der Waals surface area (Å²) in [6, 6.07) is 0. The molecule has 0 bridgehead atoms. The van der Waals surface area contributed by atoms with Crippen molar-refractivity contribution in [3.63, 3.8) is 0 Å². The first kappa shape index (κ1) is 14.4. The Labute approximate surface area is 93.8 Å². The van der Waals surface area contributed by atoms with Crippen molar-refractivity contribution in [1.82, 2.24) is 5.32 Å². The summed E-state index contributed by atoms with van der Waals surface area (Å²) in [5.41, 5.74) is 5.39. The number of carbonyl (C=O) groups is 1. The van der Waals surface area contributed by atoms with E-state index >= 15 is 0 Å². The van der Waals surface area contributed by atoms with Crippen molar-refractivity contribution in [2.24, 2.45) is 11.7 Å². The molecule has 3 heteroatoms. The maximum absolute atomic E-state index is 11.3. The Bertz CT molecular complexity index is 158. The average Bonchev–Trinajstić information content (AvgIpc) is 2.17. The molecule has 15 heavy (non-hydrogen) atoms. The number of carbonyl (C=O) groups excluding carboxylic acids is 1. The van der Waals surface area contributed by atoms with Gasteiger partial charge in [0, 0.05) is 13.0 Å². The van der Waals surface area contributed by atoms with Crippen molar-refractivity contribution in [1.29, 1.82) is 0 Å². The molecule has 0 aromatic rings. The second kappa shape index (κ2) is 9.97. The Kier molecular flexibility index (Phi) is 9.59. The molecule has 0 aliphatic heterocycles. The topological polar surface area (TPSA) is 55.1 Å². The Hall–Kier alpha value is -0.570. The van der Waals surface area contributed by atoms with Gasteiger partial charge < -0.3 is 11.1 Å². The summed E-state index contributed by atoms with van der Waals surface area (Å²) < 4.78 is 0. The minimum absolute atomic E-state index is 0.198. The fourth-order valence-corrected chi connectivity index (χ4v) is 1.37. The normalized spacial score (nSPS) is 10.7. The van der Waals surface area contributed by atoms with Crippen LogP contribution >= 0.6 is 0 Å². The highest BCUT2D eigenvalue weighted by Gasteiger charge is 2.00. The molecule has 0 saturated heterocycles. The van der Waals surface area contributed by atoms with E-state index in [0.29, 0.717) is 12.3 Å². The Morgan fingerprint density at radius 3 is 2.47 bits per heavy atom. The molecule has 0 fully saturated rings. The molecule has 0 heterocycles. The average molecular weight is 214 g/mol. The van der Waals surface area contributed by atoms with Crippen LogP contribution in [0.1, 0.15) is 52.4 Å². The van der Waals surface area contributed by atoms with Gasteiger partial charge in [0.1, 0.15) is 0 Å². The molecule has 0 saturated carbocycles. The van der Waals surface area contributed by atoms with Gasteiger partial charge in [-0.25, -0.2) is 0 Å². The predicted molar refractivity (Wildman–Crippen MR) is 64.6 cm³/mol. The van der Waals surface area contributed by atoms with Crippen molar-refractivity contribution >= 4 is 5.91 Å². The van der Waals surface area contributed by atoms with Gasteiger partial charge in [0.05, 0.1) is 0 Å². The lowest BCUT2D eigenvalue weighted by Crippen LogP contribution is -2.24. The number of hydrogen-bond acceptors (Lipinski definition) is 2. The van der Waals surface area contributed by atoms with Gasteiger partial charge >= 0.3 is 0 Å². The zero-order chi connectivity index (χ0) is 11.5. The molecule has 0 aromatic carbocycles. The van der Waals surface area contributed by atoms with Crippen LogP contribution in [0.5, 0.6) is 0 Å². The number of rotatable bonds is 9. The van der Waals surface area contributed by atoms with E-state index in [1.54, 1.807) is 0 Å². The summed E-state index contributed by atoms with van der Waals surface area (Å²) in [6.45, 7) is 5.91. The standard InChI is InChI=1S/C12H26N2O/c1-11(2)8-10-14-12(15)7-5-3-4-6-9-13/h11H,3-10,13H2,1-2H3,(H,14,15). The first-order valence-corrected chi connectivity index (χ1v) is 6.13. The lowest BCUT2D eigenvalue weighted by molar-refractivity contribution is -0.121. The number of amides is 1. The first-order chi connectivity index (χ1) is 7.16. The second-order valence-electron chi connectivity index (χ2n) is 4.49. The first-order valence-electron chi connectivity index (χ1n) is 6.13. The highest BCUT2D eigenvalue weighted by atomic mass is 16.1.